The van der Waals surface area contributed by atoms with Gasteiger partial charge in [-0.15, -0.1) is 0 Å². The van der Waals surface area contributed by atoms with Crippen LogP contribution in [0, 0.1) is 12.1 Å². The Bertz CT molecular complexity index is 599. The highest BCUT2D eigenvalue weighted by Gasteiger charge is 2.05. The van der Waals surface area contributed by atoms with Gasteiger partial charge in [0.05, 0.1) is 0 Å². The molecule has 0 aliphatic heterocycles. The van der Waals surface area contributed by atoms with Crippen molar-refractivity contribution in [2.45, 2.75) is 6.42 Å². The Balaban J connectivity index is 1.85. The van der Waals surface area contributed by atoms with Crippen LogP contribution in [0.25, 0.3) is 0 Å². The largest absolute Gasteiger partial charge is 0.457 e. The minimum Gasteiger partial charge on any atom is -0.457 e. The zero-order valence-electron chi connectivity index (χ0n) is 11.0. The SMILES string of the molecule is [c]1cc[c]c(Cc2ccccc2Oc2ccccc2)c1. The maximum Gasteiger partial charge on any atom is 0.130 e. The third-order valence-electron chi connectivity index (χ3n) is 3.03. The Morgan fingerprint density at radius 1 is 0.850 bits per heavy atom. The van der Waals surface area contributed by atoms with Gasteiger partial charge < -0.3 is 4.74 Å². The summed E-state index contributed by atoms with van der Waals surface area (Å²) in [4.78, 5) is 0. The first kappa shape index (κ1) is 12.5. The van der Waals surface area contributed by atoms with Gasteiger partial charge in [0.2, 0.25) is 0 Å². The van der Waals surface area contributed by atoms with Crippen molar-refractivity contribution >= 4 is 0 Å². The fourth-order valence-corrected chi connectivity index (χ4v) is 2.06. The number of ether oxygens (including phenoxy) is 1. The summed E-state index contributed by atoms with van der Waals surface area (Å²) < 4.78 is 5.96. The van der Waals surface area contributed by atoms with Crippen molar-refractivity contribution in [1.29, 1.82) is 0 Å². The summed E-state index contributed by atoms with van der Waals surface area (Å²) in [6.07, 6.45) is 0.792. The Morgan fingerprint density at radius 2 is 1.65 bits per heavy atom. The zero-order valence-corrected chi connectivity index (χ0v) is 11.0. The molecule has 1 nitrogen and oxygen atoms in total. The number of hydrogen-bond donors (Lipinski definition) is 0. The molecule has 0 heterocycles. The van der Waals surface area contributed by atoms with Crippen molar-refractivity contribution in [3.8, 4) is 11.5 Å². The molecule has 3 aromatic rings. The van der Waals surface area contributed by atoms with Crippen LogP contribution in [0.3, 0.4) is 0 Å². The molecule has 0 bridgehead atoms. The van der Waals surface area contributed by atoms with Crippen molar-refractivity contribution in [1.82, 2.24) is 0 Å². The standard InChI is InChI=1S/C19H14O/c1-3-9-16(10-4-1)15-17-11-7-8-14-19(17)20-18-12-5-2-6-13-18/h1-3,5-8,10-14H,15H2. The molecule has 3 rings (SSSR count). The van der Waals surface area contributed by atoms with Crippen molar-refractivity contribution in [2.75, 3.05) is 0 Å². The molecule has 0 aliphatic rings. The van der Waals surface area contributed by atoms with Crippen LogP contribution in [0.1, 0.15) is 11.1 Å². The average Bonchev–Trinajstić information content (AvgIpc) is 2.51. The molecule has 0 aliphatic carbocycles. The monoisotopic (exact) mass is 258 g/mol. The molecule has 0 N–H and O–H groups in total. The molecule has 3 aromatic carbocycles. The number of rotatable bonds is 4. The number of hydrogen-bond acceptors (Lipinski definition) is 1. The highest BCUT2D eigenvalue weighted by atomic mass is 16.5. The molecular formula is C19H14O. The Hall–Kier alpha value is -2.54. The van der Waals surface area contributed by atoms with Crippen LogP contribution in [0.5, 0.6) is 11.5 Å². The lowest BCUT2D eigenvalue weighted by atomic mass is 10.0. The molecule has 0 saturated carbocycles. The fourth-order valence-electron chi connectivity index (χ4n) is 2.06. The molecule has 0 spiro atoms. The predicted molar refractivity (Wildman–Crippen MR) is 79.9 cm³/mol. The molecule has 0 fully saturated rings. The van der Waals surface area contributed by atoms with Gasteiger partial charge in [-0.05, 0) is 41.5 Å². The Kier molecular flexibility index (Phi) is 3.79. The lowest BCUT2D eigenvalue weighted by molar-refractivity contribution is 0.477. The third kappa shape index (κ3) is 3.07. The zero-order chi connectivity index (χ0) is 13.6. The van der Waals surface area contributed by atoms with E-state index in [0.717, 1.165) is 29.0 Å². The fraction of sp³-hybridized carbons (Fsp3) is 0.0526. The third-order valence-corrected chi connectivity index (χ3v) is 3.03. The van der Waals surface area contributed by atoms with Crippen molar-refractivity contribution in [2.24, 2.45) is 0 Å². The first-order valence-corrected chi connectivity index (χ1v) is 6.59. The van der Waals surface area contributed by atoms with E-state index in [1.807, 2.05) is 66.7 Å². The quantitative estimate of drug-likeness (QED) is 0.660. The Labute approximate surface area is 119 Å². The van der Waals surface area contributed by atoms with Crippen LogP contribution in [0.4, 0.5) is 0 Å². The number of benzene rings is 3. The Morgan fingerprint density at radius 3 is 2.45 bits per heavy atom. The van der Waals surface area contributed by atoms with Gasteiger partial charge in [0, 0.05) is 6.42 Å². The second-order valence-electron chi connectivity index (χ2n) is 4.51. The van der Waals surface area contributed by atoms with Crippen molar-refractivity contribution < 1.29 is 4.74 Å². The molecule has 0 unspecified atom stereocenters. The van der Waals surface area contributed by atoms with Crippen LogP contribution >= 0.6 is 0 Å². The van der Waals surface area contributed by atoms with E-state index in [1.54, 1.807) is 0 Å². The molecular weight excluding hydrogens is 244 g/mol. The minimum atomic E-state index is 0.792. The molecule has 0 amide bonds. The summed E-state index contributed by atoms with van der Waals surface area (Å²) in [7, 11) is 0. The van der Waals surface area contributed by atoms with Crippen LogP contribution in [0.15, 0.2) is 72.8 Å². The molecule has 1 heteroatoms. The summed E-state index contributed by atoms with van der Waals surface area (Å²) in [6.45, 7) is 0. The van der Waals surface area contributed by atoms with Gasteiger partial charge in [-0.1, -0.05) is 54.6 Å². The van der Waals surface area contributed by atoms with Crippen LogP contribution in [-0.4, -0.2) is 0 Å². The maximum atomic E-state index is 5.96. The lowest BCUT2D eigenvalue weighted by Crippen LogP contribution is -1.93. The van der Waals surface area contributed by atoms with Crippen LogP contribution in [0.2, 0.25) is 0 Å². The first-order chi connectivity index (χ1) is 9.92. The molecule has 0 saturated heterocycles. The number of para-hydroxylation sites is 2. The van der Waals surface area contributed by atoms with Crippen molar-refractivity contribution in [3.05, 3.63) is 96.1 Å². The molecule has 0 aromatic heterocycles. The minimum absolute atomic E-state index is 0.792. The van der Waals surface area contributed by atoms with Gasteiger partial charge in [-0.3, -0.25) is 0 Å². The van der Waals surface area contributed by atoms with Gasteiger partial charge in [-0.2, -0.15) is 0 Å². The van der Waals surface area contributed by atoms with Crippen molar-refractivity contribution in [3.63, 3.8) is 0 Å². The van der Waals surface area contributed by atoms with Gasteiger partial charge in [0.1, 0.15) is 11.5 Å². The van der Waals surface area contributed by atoms with E-state index in [4.69, 9.17) is 4.74 Å². The highest BCUT2D eigenvalue weighted by Crippen LogP contribution is 2.26. The predicted octanol–water partition coefficient (Wildman–Crippen LogP) is 4.67. The van der Waals surface area contributed by atoms with Gasteiger partial charge in [0.15, 0.2) is 0 Å². The molecule has 96 valence electrons. The van der Waals surface area contributed by atoms with E-state index in [2.05, 4.69) is 18.2 Å². The average molecular weight is 258 g/mol. The first-order valence-electron chi connectivity index (χ1n) is 6.59. The maximum absolute atomic E-state index is 5.96. The second-order valence-corrected chi connectivity index (χ2v) is 4.51. The molecule has 0 atom stereocenters. The van der Waals surface area contributed by atoms with E-state index in [1.165, 1.54) is 0 Å². The van der Waals surface area contributed by atoms with E-state index < -0.39 is 0 Å². The smallest absolute Gasteiger partial charge is 0.130 e. The molecule has 20 heavy (non-hydrogen) atoms. The summed E-state index contributed by atoms with van der Waals surface area (Å²) in [5.74, 6) is 1.74. The second kappa shape index (κ2) is 6.07. The summed E-state index contributed by atoms with van der Waals surface area (Å²) in [6, 6.07) is 29.9. The van der Waals surface area contributed by atoms with E-state index in [0.29, 0.717) is 0 Å². The topological polar surface area (TPSA) is 9.23 Å². The lowest BCUT2D eigenvalue weighted by Gasteiger charge is -2.11. The van der Waals surface area contributed by atoms with Gasteiger partial charge in [0.25, 0.3) is 0 Å². The van der Waals surface area contributed by atoms with E-state index in [-0.39, 0.29) is 0 Å². The van der Waals surface area contributed by atoms with E-state index >= 15 is 0 Å². The van der Waals surface area contributed by atoms with Gasteiger partial charge >= 0.3 is 0 Å². The van der Waals surface area contributed by atoms with E-state index in [9.17, 15) is 0 Å². The summed E-state index contributed by atoms with van der Waals surface area (Å²) in [5, 5.41) is 0. The van der Waals surface area contributed by atoms with Crippen LogP contribution in [-0.2, 0) is 6.42 Å². The normalized spacial score (nSPS) is 10.2. The molecule has 2 radical (unpaired) electrons. The summed E-state index contributed by atoms with van der Waals surface area (Å²) in [5.41, 5.74) is 2.25. The summed E-state index contributed by atoms with van der Waals surface area (Å²) >= 11 is 0. The highest BCUT2D eigenvalue weighted by molar-refractivity contribution is 5.40. The van der Waals surface area contributed by atoms with Gasteiger partial charge in [-0.25, -0.2) is 0 Å². The van der Waals surface area contributed by atoms with Crippen LogP contribution < -0.4 is 4.74 Å².